The van der Waals surface area contributed by atoms with Crippen molar-refractivity contribution in [1.82, 2.24) is 5.32 Å². The predicted molar refractivity (Wildman–Crippen MR) is 149 cm³/mol. The van der Waals surface area contributed by atoms with E-state index in [9.17, 15) is 24.6 Å². The second kappa shape index (κ2) is 10.0. The fraction of sp³-hybridized carbons (Fsp3) is 0.194. The molecular formula is C31H24ClNO8. The molecule has 1 amide bonds. The number of nitrogens with one attached hydrogen (secondary N) is 1. The molecule has 4 aromatic rings. The van der Waals surface area contributed by atoms with Crippen molar-refractivity contribution < 1.29 is 39.2 Å². The Labute approximate surface area is 238 Å². The number of carboxylic acid groups (broad SMARTS) is 1. The molecule has 9 nitrogen and oxygen atoms in total. The van der Waals surface area contributed by atoms with E-state index in [0.29, 0.717) is 62.9 Å². The number of carboxylic acids is 1. The van der Waals surface area contributed by atoms with Gasteiger partial charge in [-0.05, 0) is 54.1 Å². The second-order valence-electron chi connectivity index (χ2n) is 10.0. The summed E-state index contributed by atoms with van der Waals surface area (Å²) in [6, 6.07) is 17.0. The molecule has 10 heteroatoms. The van der Waals surface area contributed by atoms with Gasteiger partial charge in [0.05, 0.1) is 17.0 Å². The summed E-state index contributed by atoms with van der Waals surface area (Å²) in [6.45, 7) is 0.289. The van der Waals surface area contributed by atoms with Crippen molar-refractivity contribution in [2.45, 2.75) is 31.3 Å². The highest BCUT2D eigenvalue weighted by atomic mass is 35.5. The third-order valence-electron chi connectivity index (χ3n) is 7.47. The van der Waals surface area contributed by atoms with Gasteiger partial charge in [-0.15, -0.1) is 0 Å². The van der Waals surface area contributed by atoms with Crippen molar-refractivity contribution in [3.05, 3.63) is 93.5 Å². The first-order valence-electron chi connectivity index (χ1n) is 13.0. The number of amides is 1. The Balaban J connectivity index is 1.42. The standard InChI is InChI=1S/C31H24ClNO8/c32-23-14-19-16(13-25(23)35)7-8-21-29(19)40-26-15-24(34)17(4-3-11-33-27(36)9-10-28(37)38)12-22(26)31(21)20-6-2-1-5-18(20)30(39)41-31/h1-2,5-8,12-15,34-35H,3-4,9-11H2,(H,33,36)(H,37,38). The fourth-order valence-corrected chi connectivity index (χ4v) is 5.72. The van der Waals surface area contributed by atoms with Crippen molar-refractivity contribution in [3.8, 4) is 23.0 Å². The van der Waals surface area contributed by atoms with Gasteiger partial charge in [0.25, 0.3) is 0 Å². The molecule has 4 N–H and O–H groups in total. The highest BCUT2D eigenvalue weighted by molar-refractivity contribution is 6.33. The molecule has 0 saturated carbocycles. The van der Waals surface area contributed by atoms with Crippen LogP contribution in [0.2, 0.25) is 5.02 Å². The Morgan fingerprint density at radius 2 is 1.73 bits per heavy atom. The molecule has 2 aliphatic heterocycles. The minimum atomic E-state index is -1.37. The maximum Gasteiger partial charge on any atom is 0.340 e. The van der Waals surface area contributed by atoms with Gasteiger partial charge in [-0.3, -0.25) is 9.59 Å². The normalized spacial score (nSPS) is 16.5. The number of hydrogen-bond acceptors (Lipinski definition) is 7. The number of aryl methyl sites for hydroxylation is 1. The Hall–Kier alpha value is -4.76. The molecule has 0 fully saturated rings. The Morgan fingerprint density at radius 3 is 2.54 bits per heavy atom. The van der Waals surface area contributed by atoms with E-state index >= 15 is 0 Å². The Kier molecular flexibility index (Phi) is 6.46. The number of carbonyl (C=O) groups is 3. The van der Waals surface area contributed by atoms with Crippen LogP contribution in [-0.2, 0) is 26.3 Å². The fourth-order valence-electron chi connectivity index (χ4n) is 5.56. The third-order valence-corrected chi connectivity index (χ3v) is 7.78. The summed E-state index contributed by atoms with van der Waals surface area (Å²) >= 11 is 6.26. The molecule has 2 aliphatic rings. The molecule has 2 heterocycles. The van der Waals surface area contributed by atoms with Crippen LogP contribution < -0.4 is 10.1 Å². The SMILES string of the molecule is O=C(O)CCC(=O)NCCCc1cc2c(cc1O)Oc1c(ccc3cc(O)c(Cl)cc13)C21OC(=O)c2ccccc21. The third kappa shape index (κ3) is 4.38. The lowest BCUT2D eigenvalue weighted by Gasteiger charge is -2.37. The van der Waals surface area contributed by atoms with E-state index in [-0.39, 0.29) is 41.8 Å². The molecule has 1 spiro atoms. The summed E-state index contributed by atoms with van der Waals surface area (Å²) in [5.74, 6) is -1.33. The first-order chi connectivity index (χ1) is 19.7. The second-order valence-corrected chi connectivity index (χ2v) is 10.4. The van der Waals surface area contributed by atoms with E-state index in [4.69, 9.17) is 26.2 Å². The van der Waals surface area contributed by atoms with Gasteiger partial charge < -0.3 is 30.1 Å². The van der Waals surface area contributed by atoms with Gasteiger partial charge in [-0.25, -0.2) is 4.79 Å². The monoisotopic (exact) mass is 573 g/mol. The zero-order chi connectivity index (χ0) is 28.9. The van der Waals surface area contributed by atoms with Crippen LogP contribution >= 0.6 is 11.6 Å². The molecule has 0 saturated heterocycles. The van der Waals surface area contributed by atoms with Crippen LogP contribution in [0.1, 0.15) is 51.9 Å². The minimum absolute atomic E-state index is 0.0342. The number of aromatic hydroxyl groups is 2. The molecule has 1 unspecified atom stereocenters. The summed E-state index contributed by atoms with van der Waals surface area (Å²) in [6.07, 6.45) is 0.495. The van der Waals surface area contributed by atoms with E-state index in [2.05, 4.69) is 5.32 Å². The minimum Gasteiger partial charge on any atom is -0.508 e. The molecule has 4 aromatic carbocycles. The predicted octanol–water partition coefficient (Wildman–Crippen LogP) is 5.39. The summed E-state index contributed by atoms with van der Waals surface area (Å²) in [5, 5.41) is 33.9. The Bertz CT molecular complexity index is 1770. The first kappa shape index (κ1) is 26.5. The highest BCUT2D eigenvalue weighted by Gasteiger charge is 2.54. The number of aliphatic carboxylic acids is 1. The summed E-state index contributed by atoms with van der Waals surface area (Å²) in [5.41, 5.74) is 1.33. The van der Waals surface area contributed by atoms with Gasteiger partial charge >= 0.3 is 11.9 Å². The molecular weight excluding hydrogens is 550 g/mol. The maximum absolute atomic E-state index is 13.2. The number of carbonyl (C=O) groups excluding carboxylic acids is 2. The van der Waals surface area contributed by atoms with Crippen LogP contribution in [0.4, 0.5) is 0 Å². The summed E-state index contributed by atoms with van der Waals surface area (Å²) in [4.78, 5) is 35.8. The zero-order valence-electron chi connectivity index (χ0n) is 21.6. The molecule has 208 valence electrons. The summed E-state index contributed by atoms with van der Waals surface area (Å²) < 4.78 is 12.6. The molecule has 1 atom stereocenters. The van der Waals surface area contributed by atoms with Crippen molar-refractivity contribution >= 4 is 40.2 Å². The van der Waals surface area contributed by atoms with E-state index in [1.807, 2.05) is 12.1 Å². The first-order valence-corrected chi connectivity index (χ1v) is 13.4. The van der Waals surface area contributed by atoms with Crippen LogP contribution in [0.25, 0.3) is 10.8 Å². The number of benzene rings is 4. The van der Waals surface area contributed by atoms with Gasteiger partial charge in [0, 0.05) is 41.1 Å². The van der Waals surface area contributed by atoms with Crippen LogP contribution in [-0.4, -0.2) is 39.7 Å². The number of rotatable bonds is 7. The zero-order valence-corrected chi connectivity index (χ0v) is 22.3. The smallest absolute Gasteiger partial charge is 0.340 e. The van der Waals surface area contributed by atoms with Crippen molar-refractivity contribution in [2.75, 3.05) is 6.54 Å². The molecule has 41 heavy (non-hydrogen) atoms. The lowest BCUT2D eigenvalue weighted by Crippen LogP contribution is -2.33. The van der Waals surface area contributed by atoms with Crippen molar-refractivity contribution in [2.24, 2.45) is 0 Å². The van der Waals surface area contributed by atoms with Gasteiger partial charge in [0.15, 0.2) is 5.60 Å². The van der Waals surface area contributed by atoms with E-state index in [1.54, 1.807) is 36.4 Å². The lowest BCUT2D eigenvalue weighted by atomic mass is 9.76. The maximum atomic E-state index is 13.2. The number of ether oxygens (including phenoxy) is 2. The number of halogens is 1. The molecule has 0 aromatic heterocycles. The van der Waals surface area contributed by atoms with E-state index in [1.165, 1.54) is 12.1 Å². The number of phenols is 2. The average molecular weight is 574 g/mol. The van der Waals surface area contributed by atoms with Crippen molar-refractivity contribution in [3.63, 3.8) is 0 Å². The number of esters is 1. The topological polar surface area (TPSA) is 142 Å². The highest BCUT2D eigenvalue weighted by Crippen LogP contribution is 2.58. The number of hydrogen-bond donors (Lipinski definition) is 4. The average Bonchev–Trinajstić information content (AvgIpc) is 3.24. The quantitative estimate of drug-likeness (QED) is 0.170. The molecule has 0 bridgehead atoms. The lowest BCUT2D eigenvalue weighted by molar-refractivity contribution is -0.138. The van der Waals surface area contributed by atoms with E-state index in [0.717, 1.165) is 0 Å². The summed E-state index contributed by atoms with van der Waals surface area (Å²) in [7, 11) is 0. The number of phenolic OH excluding ortho intramolecular Hbond substituents is 2. The van der Waals surface area contributed by atoms with Crippen LogP contribution in [0.5, 0.6) is 23.0 Å². The van der Waals surface area contributed by atoms with Gasteiger partial charge in [-0.2, -0.15) is 0 Å². The largest absolute Gasteiger partial charge is 0.508 e. The molecule has 0 aliphatic carbocycles. The van der Waals surface area contributed by atoms with Gasteiger partial charge in [0.1, 0.15) is 23.0 Å². The Morgan fingerprint density at radius 1 is 0.927 bits per heavy atom. The van der Waals surface area contributed by atoms with Crippen molar-refractivity contribution in [1.29, 1.82) is 0 Å². The van der Waals surface area contributed by atoms with Crippen LogP contribution in [0.15, 0.2) is 60.7 Å². The molecule has 6 rings (SSSR count). The number of fused-ring (bicyclic) bond motifs is 8. The van der Waals surface area contributed by atoms with Crippen LogP contribution in [0, 0.1) is 0 Å². The van der Waals surface area contributed by atoms with Gasteiger partial charge in [0.2, 0.25) is 5.91 Å². The van der Waals surface area contributed by atoms with Crippen LogP contribution in [0.3, 0.4) is 0 Å². The van der Waals surface area contributed by atoms with E-state index < -0.39 is 17.5 Å². The van der Waals surface area contributed by atoms with Gasteiger partial charge in [-0.1, -0.05) is 35.9 Å². The molecule has 0 radical (unpaired) electrons.